The number of hydrogen-bond acceptors (Lipinski definition) is 3. The molecule has 1 saturated carbocycles. The Balaban J connectivity index is 1.47. The van der Waals surface area contributed by atoms with Crippen LogP contribution in [-0.4, -0.2) is 23.0 Å². The van der Waals surface area contributed by atoms with Crippen LogP contribution >= 0.6 is 11.3 Å². The highest BCUT2D eigenvalue weighted by molar-refractivity contribution is 7.17. The Bertz CT molecular complexity index is 705. The molecule has 0 radical (unpaired) electrons. The number of carbonyl (C=O) groups excluding carboxylic acids is 1. The van der Waals surface area contributed by atoms with Crippen LogP contribution in [0, 0.1) is 5.92 Å². The van der Waals surface area contributed by atoms with Gasteiger partial charge >= 0.3 is 5.97 Å². The van der Waals surface area contributed by atoms with Crippen molar-refractivity contribution in [2.24, 2.45) is 5.92 Å². The molecule has 2 N–H and O–H groups in total. The molecule has 5 heteroatoms. The molecular formula is C18H21NO3S. The quantitative estimate of drug-likeness (QED) is 0.777. The number of fused-ring (bicyclic) bond motifs is 1. The molecule has 1 aromatic heterocycles. The molecule has 1 heterocycles. The Kier molecular flexibility index (Phi) is 4.96. The Hall–Kier alpha value is -1.88. The summed E-state index contributed by atoms with van der Waals surface area (Å²) in [6.45, 7) is 0. The SMILES string of the molecule is O=C(CCCc1csc2ccccc12)NC(CC1CC1)C(=O)O. The smallest absolute Gasteiger partial charge is 0.326 e. The van der Waals surface area contributed by atoms with Gasteiger partial charge in [-0.05, 0) is 47.6 Å². The summed E-state index contributed by atoms with van der Waals surface area (Å²) in [4.78, 5) is 23.2. The summed E-state index contributed by atoms with van der Waals surface area (Å²) in [5.41, 5.74) is 1.27. The topological polar surface area (TPSA) is 66.4 Å². The first-order valence-corrected chi connectivity index (χ1v) is 8.98. The van der Waals surface area contributed by atoms with E-state index in [4.69, 9.17) is 0 Å². The average Bonchev–Trinajstić information content (AvgIpc) is 3.26. The van der Waals surface area contributed by atoms with Crippen LogP contribution in [0.5, 0.6) is 0 Å². The third kappa shape index (κ3) is 4.32. The summed E-state index contributed by atoms with van der Waals surface area (Å²) in [6, 6.07) is 7.54. The van der Waals surface area contributed by atoms with Crippen LogP contribution < -0.4 is 5.32 Å². The molecule has 1 aliphatic carbocycles. The number of aliphatic carboxylic acids is 1. The van der Waals surface area contributed by atoms with Crippen LogP contribution in [0.25, 0.3) is 10.1 Å². The van der Waals surface area contributed by atoms with E-state index >= 15 is 0 Å². The van der Waals surface area contributed by atoms with E-state index in [1.807, 2.05) is 12.1 Å². The minimum Gasteiger partial charge on any atom is -0.480 e. The number of nitrogens with one attached hydrogen (secondary N) is 1. The molecule has 2 aromatic rings. The highest BCUT2D eigenvalue weighted by Crippen LogP contribution is 2.33. The first-order valence-electron chi connectivity index (χ1n) is 8.11. The predicted octanol–water partition coefficient (Wildman–Crippen LogP) is 3.59. The van der Waals surface area contributed by atoms with Crippen LogP contribution in [-0.2, 0) is 16.0 Å². The molecule has 0 bridgehead atoms. The fourth-order valence-electron chi connectivity index (χ4n) is 2.84. The van der Waals surface area contributed by atoms with Gasteiger partial charge in [-0.3, -0.25) is 4.79 Å². The zero-order chi connectivity index (χ0) is 16.2. The van der Waals surface area contributed by atoms with Gasteiger partial charge in [-0.1, -0.05) is 31.0 Å². The number of aryl methyl sites for hydroxylation is 1. The Morgan fingerprint density at radius 1 is 1.30 bits per heavy atom. The van der Waals surface area contributed by atoms with Crippen molar-refractivity contribution in [1.29, 1.82) is 0 Å². The van der Waals surface area contributed by atoms with Crippen LogP contribution in [0.2, 0.25) is 0 Å². The highest BCUT2D eigenvalue weighted by atomic mass is 32.1. The summed E-state index contributed by atoms with van der Waals surface area (Å²) in [7, 11) is 0. The van der Waals surface area contributed by atoms with Gasteiger partial charge in [0.1, 0.15) is 6.04 Å². The molecule has 1 aliphatic rings. The number of amides is 1. The van der Waals surface area contributed by atoms with Gasteiger partial charge in [0.15, 0.2) is 0 Å². The number of thiophene rings is 1. The number of benzene rings is 1. The zero-order valence-corrected chi connectivity index (χ0v) is 13.8. The number of carboxylic acid groups (broad SMARTS) is 1. The molecule has 0 spiro atoms. The molecule has 1 unspecified atom stereocenters. The van der Waals surface area contributed by atoms with Crippen molar-refractivity contribution in [3.63, 3.8) is 0 Å². The molecule has 122 valence electrons. The zero-order valence-electron chi connectivity index (χ0n) is 13.0. The maximum absolute atomic E-state index is 12.0. The third-order valence-corrected chi connectivity index (χ3v) is 5.32. The van der Waals surface area contributed by atoms with Crippen LogP contribution in [0.3, 0.4) is 0 Å². The largest absolute Gasteiger partial charge is 0.480 e. The molecule has 1 amide bonds. The fourth-order valence-corrected chi connectivity index (χ4v) is 3.84. The van der Waals surface area contributed by atoms with Crippen molar-refractivity contribution < 1.29 is 14.7 Å². The number of carboxylic acids is 1. The minimum absolute atomic E-state index is 0.155. The maximum Gasteiger partial charge on any atom is 0.326 e. The van der Waals surface area contributed by atoms with Gasteiger partial charge in [0, 0.05) is 11.1 Å². The Morgan fingerprint density at radius 2 is 2.09 bits per heavy atom. The van der Waals surface area contributed by atoms with Gasteiger partial charge in [0.25, 0.3) is 0 Å². The highest BCUT2D eigenvalue weighted by Gasteiger charge is 2.29. The predicted molar refractivity (Wildman–Crippen MR) is 91.7 cm³/mol. The van der Waals surface area contributed by atoms with E-state index in [9.17, 15) is 14.7 Å². The number of hydrogen-bond donors (Lipinski definition) is 2. The van der Waals surface area contributed by atoms with Crippen LogP contribution in [0.1, 0.15) is 37.7 Å². The van der Waals surface area contributed by atoms with Gasteiger partial charge in [0.2, 0.25) is 5.91 Å². The van der Waals surface area contributed by atoms with Gasteiger partial charge < -0.3 is 10.4 Å². The second kappa shape index (κ2) is 7.13. The normalized spacial score (nSPS) is 15.5. The second-order valence-electron chi connectivity index (χ2n) is 6.25. The first-order chi connectivity index (χ1) is 11.1. The van der Waals surface area contributed by atoms with Gasteiger partial charge in [-0.2, -0.15) is 0 Å². The molecule has 23 heavy (non-hydrogen) atoms. The van der Waals surface area contributed by atoms with Gasteiger partial charge in [0.05, 0.1) is 0 Å². The van der Waals surface area contributed by atoms with Gasteiger partial charge in [-0.15, -0.1) is 11.3 Å². The van der Waals surface area contributed by atoms with E-state index < -0.39 is 12.0 Å². The molecular weight excluding hydrogens is 310 g/mol. The van der Waals surface area contributed by atoms with E-state index in [0.717, 1.165) is 25.7 Å². The van der Waals surface area contributed by atoms with Crippen LogP contribution in [0.15, 0.2) is 29.6 Å². The lowest BCUT2D eigenvalue weighted by atomic mass is 10.1. The lowest BCUT2D eigenvalue weighted by Gasteiger charge is -2.13. The van der Waals surface area contributed by atoms with Crippen molar-refractivity contribution >= 4 is 33.3 Å². The Labute approximate surface area is 139 Å². The van der Waals surface area contributed by atoms with Crippen molar-refractivity contribution in [3.8, 4) is 0 Å². The summed E-state index contributed by atoms with van der Waals surface area (Å²) < 4.78 is 1.27. The van der Waals surface area contributed by atoms with Crippen molar-refractivity contribution in [2.45, 2.75) is 44.6 Å². The molecule has 0 saturated heterocycles. The molecule has 1 fully saturated rings. The van der Waals surface area contributed by atoms with Crippen molar-refractivity contribution in [1.82, 2.24) is 5.32 Å². The Morgan fingerprint density at radius 3 is 2.83 bits per heavy atom. The van der Waals surface area contributed by atoms with Crippen molar-refractivity contribution in [3.05, 3.63) is 35.2 Å². The van der Waals surface area contributed by atoms with E-state index in [1.54, 1.807) is 11.3 Å². The second-order valence-corrected chi connectivity index (χ2v) is 7.16. The number of carbonyl (C=O) groups is 2. The molecule has 1 aromatic carbocycles. The molecule has 4 nitrogen and oxygen atoms in total. The maximum atomic E-state index is 12.0. The summed E-state index contributed by atoms with van der Waals surface area (Å²) >= 11 is 1.72. The minimum atomic E-state index is -0.922. The summed E-state index contributed by atoms with van der Waals surface area (Å²) in [6.07, 6.45) is 4.70. The fraction of sp³-hybridized carbons (Fsp3) is 0.444. The van der Waals surface area contributed by atoms with Crippen LogP contribution in [0.4, 0.5) is 0 Å². The first kappa shape index (κ1) is 16.0. The third-order valence-electron chi connectivity index (χ3n) is 4.31. The van der Waals surface area contributed by atoms with E-state index in [-0.39, 0.29) is 5.91 Å². The number of rotatable bonds is 8. The van der Waals surface area contributed by atoms with E-state index in [1.165, 1.54) is 15.6 Å². The lowest BCUT2D eigenvalue weighted by Crippen LogP contribution is -2.41. The molecule has 3 rings (SSSR count). The van der Waals surface area contributed by atoms with E-state index in [2.05, 4.69) is 22.8 Å². The molecule has 1 atom stereocenters. The average molecular weight is 331 g/mol. The van der Waals surface area contributed by atoms with Crippen molar-refractivity contribution in [2.75, 3.05) is 0 Å². The van der Waals surface area contributed by atoms with Gasteiger partial charge in [-0.25, -0.2) is 4.79 Å². The lowest BCUT2D eigenvalue weighted by molar-refractivity contribution is -0.142. The van der Waals surface area contributed by atoms with E-state index in [0.29, 0.717) is 18.8 Å². The summed E-state index contributed by atoms with van der Waals surface area (Å²) in [5.74, 6) is -0.597. The molecule has 0 aliphatic heterocycles. The standard InChI is InChI=1S/C18H21NO3S/c20-17(19-15(18(21)22)10-12-8-9-12)7-3-4-13-11-23-16-6-2-1-5-14(13)16/h1-2,5-6,11-12,15H,3-4,7-10H2,(H,19,20)(H,21,22). The monoisotopic (exact) mass is 331 g/mol. The summed E-state index contributed by atoms with van der Waals surface area (Å²) in [5, 5.41) is 15.3.